The number of aromatic nitrogens is 2. The summed E-state index contributed by atoms with van der Waals surface area (Å²) in [4.78, 5) is 40.3. The first-order valence-corrected chi connectivity index (χ1v) is 25.7. The molecule has 3 aromatic carbocycles. The number of carbonyl (C=O) groups excluding carboxylic acids is 1. The fraction of sp³-hybridized carbons (Fsp3) is 0.480. The summed E-state index contributed by atoms with van der Waals surface area (Å²) in [6.45, 7) is 6.06. The average molecular weight is 961 g/mol. The Balaban J connectivity index is 0.960. The third kappa shape index (κ3) is 7.55. The maximum Gasteiger partial charge on any atom is 0.297 e. The number of nitrogens with one attached hydrogen (secondary N) is 2. The van der Waals surface area contributed by atoms with Crippen LogP contribution in [0.4, 0.5) is 28.4 Å². The standard InChI is InChI=1S/C50H56N8O10S/c1-29-5-2-3-6-33(29)36-7-4-15-56(36)31-24-50(25-31)12-16-55(17-13-50)38-9-8-34(47(51)59)45(57-37-11-18-64-28-43(37)68-49-40(57)21-30-10-14-52-48(30)54-49)46(38)69(62,63)32-22-39(58(60)61)44-41(23-32)67-26-35(53-44)42-27-65-19-20-66-42/h2-3,5-6,8-10,14,21-23,31,35-37,42-43,53H,4,7,11-13,15-20,24-28H2,1H3,(H2,51,59)(H,52,54)/t35-,36-,37-,42+,43-/m0/s1. The lowest BCUT2D eigenvalue weighted by atomic mass is 9.59. The topological polar surface area (TPSA) is 217 Å². The number of likely N-dealkylation sites (tertiary alicyclic amines) is 1. The summed E-state index contributed by atoms with van der Waals surface area (Å²) in [6, 6.07) is 18.0. The molecule has 4 saturated heterocycles. The second-order valence-corrected chi connectivity index (χ2v) is 21.7. The molecule has 6 aliphatic heterocycles. The van der Waals surface area contributed by atoms with Crippen LogP contribution < -0.4 is 30.3 Å². The maximum absolute atomic E-state index is 16.1. The van der Waals surface area contributed by atoms with Gasteiger partial charge in [0.2, 0.25) is 15.7 Å². The Morgan fingerprint density at radius 3 is 2.54 bits per heavy atom. The van der Waals surface area contributed by atoms with Crippen LogP contribution in [0.15, 0.2) is 76.7 Å². The number of nitro benzene ring substituents is 1. The van der Waals surface area contributed by atoms with Crippen molar-refractivity contribution < 1.29 is 41.8 Å². The highest BCUT2D eigenvalue weighted by atomic mass is 32.2. The van der Waals surface area contributed by atoms with E-state index in [1.807, 2.05) is 17.0 Å². The third-order valence-electron chi connectivity index (χ3n) is 15.9. The van der Waals surface area contributed by atoms with Gasteiger partial charge in [0.05, 0.1) is 65.3 Å². The van der Waals surface area contributed by atoms with Crippen molar-refractivity contribution in [1.82, 2.24) is 14.9 Å². The van der Waals surface area contributed by atoms with E-state index in [9.17, 15) is 14.9 Å². The number of anilines is 4. The molecule has 0 bridgehead atoms. The van der Waals surface area contributed by atoms with Gasteiger partial charge in [0, 0.05) is 55.5 Å². The molecule has 7 aliphatic rings. The predicted molar refractivity (Wildman–Crippen MR) is 256 cm³/mol. The number of rotatable bonds is 9. The van der Waals surface area contributed by atoms with Gasteiger partial charge in [-0.2, -0.15) is 4.98 Å². The molecule has 1 aliphatic carbocycles. The number of piperidine rings is 1. The summed E-state index contributed by atoms with van der Waals surface area (Å²) in [5.41, 5.74) is 10.1. The van der Waals surface area contributed by atoms with E-state index in [0.29, 0.717) is 68.4 Å². The minimum absolute atomic E-state index is 0.00675. The second-order valence-electron chi connectivity index (χ2n) is 19.8. The number of aryl methyl sites for hydroxylation is 1. The van der Waals surface area contributed by atoms with Crippen LogP contribution in [0.25, 0.3) is 11.0 Å². The van der Waals surface area contributed by atoms with Crippen LogP contribution in [0.5, 0.6) is 11.6 Å². The normalized spacial score (nSPS) is 25.7. The highest BCUT2D eigenvalue weighted by molar-refractivity contribution is 7.91. The lowest BCUT2D eigenvalue weighted by Crippen LogP contribution is -2.55. The SMILES string of the molecule is Cc1ccccc1[C@@H]1CCCN1C1CC2(CCN(c3ccc(C(N)=O)c(N4c5cc6cc[nH]c6nc5O[C@H]5COCC[C@@H]54)c3S(=O)(=O)c3cc4c(c([N+](=O)[O-])c3)N[C@H]([C@H]3COCCO3)CO4)CC2)C1. The molecule has 0 radical (unpaired) electrons. The van der Waals surface area contributed by atoms with Crippen molar-refractivity contribution in [2.45, 2.75) is 98.0 Å². The van der Waals surface area contributed by atoms with E-state index in [1.54, 1.807) is 18.3 Å². The highest BCUT2D eigenvalue weighted by Gasteiger charge is 2.51. The van der Waals surface area contributed by atoms with Crippen LogP contribution in [-0.2, 0) is 24.0 Å². The lowest BCUT2D eigenvalue weighted by molar-refractivity contribution is -0.384. The van der Waals surface area contributed by atoms with Gasteiger partial charge in [0.15, 0.2) is 11.4 Å². The molecule has 2 aromatic heterocycles. The molecule has 8 heterocycles. The number of amides is 1. The zero-order valence-electron chi connectivity index (χ0n) is 38.4. The number of nitrogens with two attached hydrogens (primary N) is 1. The summed E-state index contributed by atoms with van der Waals surface area (Å²) in [6.07, 6.45) is 7.31. The number of aromatic amines is 1. The van der Waals surface area contributed by atoms with Gasteiger partial charge >= 0.3 is 0 Å². The Morgan fingerprint density at radius 1 is 0.942 bits per heavy atom. The van der Waals surface area contributed by atoms with E-state index in [4.69, 9.17) is 34.4 Å². The lowest BCUT2D eigenvalue weighted by Gasteiger charge is -2.56. The number of ether oxygens (including phenoxy) is 5. The zero-order valence-corrected chi connectivity index (χ0v) is 39.2. The quantitative estimate of drug-likeness (QED) is 0.105. The maximum atomic E-state index is 16.1. The third-order valence-corrected chi connectivity index (χ3v) is 17.7. The zero-order chi connectivity index (χ0) is 47.2. The molecule has 18 nitrogen and oxygen atoms in total. The predicted octanol–water partition coefficient (Wildman–Crippen LogP) is 6.57. The van der Waals surface area contributed by atoms with Crippen molar-refractivity contribution >= 4 is 55.2 Å². The number of sulfone groups is 1. The van der Waals surface area contributed by atoms with Crippen LogP contribution in [-0.4, -0.2) is 124 Å². The van der Waals surface area contributed by atoms with E-state index >= 15 is 8.42 Å². The van der Waals surface area contributed by atoms with Gasteiger partial charge in [0.1, 0.15) is 35.0 Å². The number of carbonyl (C=O) groups is 1. The highest BCUT2D eigenvalue weighted by Crippen LogP contribution is 2.56. The van der Waals surface area contributed by atoms with Gasteiger partial charge in [-0.05, 0) is 99.2 Å². The van der Waals surface area contributed by atoms with Crippen molar-refractivity contribution in [3.05, 3.63) is 93.7 Å². The molecule has 362 valence electrons. The Hall–Kier alpha value is -5.99. The molecule has 0 unspecified atom stereocenters. The molecule has 5 fully saturated rings. The Labute approximate surface area is 399 Å². The van der Waals surface area contributed by atoms with Crippen molar-refractivity contribution in [2.24, 2.45) is 11.1 Å². The number of primary amides is 1. The number of fused-ring (bicyclic) bond motifs is 4. The fourth-order valence-electron chi connectivity index (χ4n) is 12.4. The first kappa shape index (κ1) is 44.2. The summed E-state index contributed by atoms with van der Waals surface area (Å²) in [5.74, 6) is -0.602. The molecule has 12 rings (SSSR count). The number of H-pyrrole nitrogens is 1. The first-order chi connectivity index (χ1) is 33.5. The van der Waals surface area contributed by atoms with Gasteiger partial charge in [0.25, 0.3) is 11.6 Å². The van der Waals surface area contributed by atoms with Crippen molar-refractivity contribution in [3.63, 3.8) is 0 Å². The van der Waals surface area contributed by atoms with E-state index in [0.717, 1.165) is 50.1 Å². The fourth-order valence-corrected chi connectivity index (χ4v) is 14.1. The van der Waals surface area contributed by atoms with E-state index in [1.165, 1.54) is 23.6 Å². The number of benzene rings is 3. The molecule has 4 N–H and O–H groups in total. The van der Waals surface area contributed by atoms with E-state index in [-0.39, 0.29) is 63.6 Å². The Morgan fingerprint density at radius 2 is 1.75 bits per heavy atom. The van der Waals surface area contributed by atoms with Gasteiger partial charge in [-0.15, -0.1) is 0 Å². The molecule has 1 spiro atoms. The average Bonchev–Trinajstić information content (AvgIpc) is 4.03. The molecule has 5 aromatic rings. The minimum atomic E-state index is -4.78. The first-order valence-electron chi connectivity index (χ1n) is 24.2. The molecule has 1 amide bonds. The van der Waals surface area contributed by atoms with Crippen LogP contribution >= 0.6 is 0 Å². The van der Waals surface area contributed by atoms with Crippen molar-refractivity contribution in [3.8, 4) is 11.6 Å². The molecule has 1 saturated carbocycles. The Bertz CT molecular complexity index is 2960. The molecule has 5 atom stereocenters. The van der Waals surface area contributed by atoms with E-state index < -0.39 is 50.6 Å². The van der Waals surface area contributed by atoms with Gasteiger partial charge in [-0.25, -0.2) is 8.42 Å². The van der Waals surface area contributed by atoms with Gasteiger partial charge < -0.3 is 49.5 Å². The monoisotopic (exact) mass is 960 g/mol. The minimum Gasteiger partial charge on any atom is -0.489 e. The summed E-state index contributed by atoms with van der Waals surface area (Å²) >= 11 is 0. The second kappa shape index (κ2) is 17.2. The van der Waals surface area contributed by atoms with Crippen LogP contribution in [0.1, 0.15) is 72.5 Å². The number of hydrogen-bond acceptors (Lipinski definition) is 15. The number of hydrogen-bond donors (Lipinski definition) is 3. The summed E-state index contributed by atoms with van der Waals surface area (Å²) in [7, 11) is -4.78. The van der Waals surface area contributed by atoms with Gasteiger partial charge in [-0.3, -0.25) is 19.8 Å². The van der Waals surface area contributed by atoms with Crippen molar-refractivity contribution in [1.29, 1.82) is 0 Å². The molecule has 69 heavy (non-hydrogen) atoms. The smallest absolute Gasteiger partial charge is 0.297 e. The number of nitrogens with zero attached hydrogens (tertiary/aromatic N) is 5. The van der Waals surface area contributed by atoms with Crippen LogP contribution in [0.3, 0.4) is 0 Å². The molecule has 19 heteroatoms. The van der Waals surface area contributed by atoms with E-state index in [2.05, 4.69) is 51.3 Å². The molecular formula is C50H56N8O10S. The van der Waals surface area contributed by atoms with Gasteiger partial charge in [-0.1, -0.05) is 24.3 Å². The van der Waals surface area contributed by atoms with Crippen molar-refractivity contribution in [2.75, 3.05) is 74.4 Å². The van der Waals surface area contributed by atoms with Crippen LogP contribution in [0, 0.1) is 22.5 Å². The number of pyridine rings is 1. The summed E-state index contributed by atoms with van der Waals surface area (Å²) < 4.78 is 62.3. The largest absolute Gasteiger partial charge is 0.489 e. The van der Waals surface area contributed by atoms with Crippen LogP contribution in [0.2, 0.25) is 0 Å². The number of nitro groups is 1. The Kier molecular flexibility index (Phi) is 11.0. The molecular weight excluding hydrogens is 905 g/mol. The summed E-state index contributed by atoms with van der Waals surface area (Å²) in [5, 5.41) is 16.9.